The van der Waals surface area contributed by atoms with Gasteiger partial charge >= 0.3 is 6.18 Å². The van der Waals surface area contributed by atoms with Gasteiger partial charge in [-0.1, -0.05) is 24.3 Å². The number of rotatable bonds is 7. The molecule has 0 atom stereocenters. The fourth-order valence-electron chi connectivity index (χ4n) is 5.63. The summed E-state index contributed by atoms with van der Waals surface area (Å²) in [6, 6.07) is 17.2. The average molecular weight is 604 g/mol. The number of alkyl halides is 3. The van der Waals surface area contributed by atoms with Gasteiger partial charge in [-0.2, -0.15) is 18.3 Å². The number of carbonyl (C=O) groups excluding carboxylic acids is 2. The van der Waals surface area contributed by atoms with Crippen LogP contribution >= 0.6 is 0 Å². The number of carbonyl (C=O) groups is 2. The Labute approximate surface area is 252 Å². The fraction of sp³-hybridized carbons (Fsp3) is 0.344. The lowest BCUT2D eigenvalue weighted by Gasteiger charge is -2.35. The SMILES string of the molecule is O=C(CCC(F)(F)F)N1CC=C(c2cccn3nc(Cc4ccc(C(=O)N5CCN(c6ccccn6)CC5)cc4)nc23)CC1. The molecule has 0 bridgehead atoms. The molecule has 1 saturated heterocycles. The minimum absolute atomic E-state index is 0.00842. The van der Waals surface area contributed by atoms with Crippen LogP contribution in [0.1, 0.15) is 46.6 Å². The predicted octanol–water partition coefficient (Wildman–Crippen LogP) is 4.64. The number of amides is 2. The van der Waals surface area contributed by atoms with Crippen LogP contribution in [0.2, 0.25) is 0 Å². The number of benzene rings is 1. The number of hydrogen-bond donors (Lipinski definition) is 0. The molecular weight excluding hydrogens is 571 g/mol. The summed E-state index contributed by atoms with van der Waals surface area (Å²) in [5, 5.41) is 4.64. The molecule has 228 valence electrons. The first-order chi connectivity index (χ1) is 21.2. The highest BCUT2D eigenvalue weighted by atomic mass is 19.4. The van der Waals surface area contributed by atoms with E-state index in [2.05, 4.69) is 15.0 Å². The van der Waals surface area contributed by atoms with Crippen molar-refractivity contribution in [3.8, 4) is 0 Å². The van der Waals surface area contributed by atoms with Crippen LogP contribution in [0, 0.1) is 0 Å². The molecule has 12 heteroatoms. The summed E-state index contributed by atoms with van der Waals surface area (Å²) < 4.78 is 39.3. The van der Waals surface area contributed by atoms with Crippen LogP contribution in [0.5, 0.6) is 0 Å². The summed E-state index contributed by atoms with van der Waals surface area (Å²) in [4.78, 5) is 40.1. The number of pyridine rings is 2. The molecule has 3 aromatic heterocycles. The van der Waals surface area contributed by atoms with E-state index in [0.717, 1.165) is 35.6 Å². The van der Waals surface area contributed by atoms with Gasteiger partial charge in [0.1, 0.15) is 5.82 Å². The Bertz CT molecular complexity index is 1660. The van der Waals surface area contributed by atoms with Gasteiger partial charge in [-0.25, -0.2) is 14.5 Å². The van der Waals surface area contributed by atoms with Gasteiger partial charge in [-0.3, -0.25) is 9.59 Å². The Morgan fingerprint density at radius 2 is 1.68 bits per heavy atom. The van der Waals surface area contributed by atoms with Crippen LogP contribution in [0.25, 0.3) is 11.2 Å². The monoisotopic (exact) mass is 603 g/mol. The normalized spacial score (nSPS) is 15.9. The van der Waals surface area contributed by atoms with Crippen molar-refractivity contribution in [3.63, 3.8) is 0 Å². The van der Waals surface area contributed by atoms with Crippen LogP contribution < -0.4 is 4.90 Å². The second kappa shape index (κ2) is 12.5. The number of halogens is 3. The number of aromatic nitrogens is 4. The summed E-state index contributed by atoms with van der Waals surface area (Å²) >= 11 is 0. The smallest absolute Gasteiger partial charge is 0.353 e. The highest BCUT2D eigenvalue weighted by Crippen LogP contribution is 2.27. The average Bonchev–Trinajstić information content (AvgIpc) is 3.46. The molecule has 1 fully saturated rings. The van der Waals surface area contributed by atoms with Crippen LogP contribution in [0.4, 0.5) is 19.0 Å². The van der Waals surface area contributed by atoms with Crippen molar-refractivity contribution in [2.75, 3.05) is 44.2 Å². The third-order valence-electron chi connectivity index (χ3n) is 8.04. The molecule has 2 aliphatic rings. The van der Waals surface area contributed by atoms with Gasteiger partial charge in [0.05, 0.1) is 6.42 Å². The Hall–Kier alpha value is -4.74. The molecule has 44 heavy (non-hydrogen) atoms. The third kappa shape index (κ3) is 6.74. The molecule has 0 unspecified atom stereocenters. The minimum atomic E-state index is -4.34. The van der Waals surface area contributed by atoms with Gasteiger partial charge in [-0.15, -0.1) is 0 Å². The van der Waals surface area contributed by atoms with E-state index in [-0.39, 0.29) is 12.5 Å². The summed E-state index contributed by atoms with van der Waals surface area (Å²) in [5.41, 5.74) is 4.17. The second-order valence-corrected chi connectivity index (χ2v) is 11.0. The number of fused-ring (bicyclic) bond motifs is 1. The van der Waals surface area contributed by atoms with Crippen molar-refractivity contribution in [3.05, 3.63) is 95.6 Å². The quantitative estimate of drug-likeness (QED) is 0.306. The predicted molar refractivity (Wildman–Crippen MR) is 159 cm³/mol. The second-order valence-electron chi connectivity index (χ2n) is 11.0. The summed E-state index contributed by atoms with van der Waals surface area (Å²) in [5.74, 6) is 1.07. The zero-order chi connectivity index (χ0) is 30.7. The van der Waals surface area contributed by atoms with Crippen molar-refractivity contribution < 1.29 is 22.8 Å². The first-order valence-corrected chi connectivity index (χ1v) is 14.7. The Morgan fingerprint density at radius 3 is 2.36 bits per heavy atom. The minimum Gasteiger partial charge on any atom is -0.353 e. The third-order valence-corrected chi connectivity index (χ3v) is 8.04. The van der Waals surface area contributed by atoms with Crippen LogP contribution in [0.3, 0.4) is 0 Å². The molecule has 0 N–H and O–H groups in total. The van der Waals surface area contributed by atoms with E-state index < -0.39 is 24.9 Å². The molecule has 1 aromatic carbocycles. The van der Waals surface area contributed by atoms with Crippen molar-refractivity contribution in [2.24, 2.45) is 0 Å². The first-order valence-electron chi connectivity index (χ1n) is 14.7. The molecular formula is C32H32F3N7O2. The fourth-order valence-corrected chi connectivity index (χ4v) is 5.63. The van der Waals surface area contributed by atoms with Gasteiger partial charge < -0.3 is 14.7 Å². The maximum absolute atomic E-state index is 13.1. The molecule has 0 radical (unpaired) electrons. The van der Waals surface area contributed by atoms with Crippen molar-refractivity contribution >= 4 is 28.9 Å². The molecule has 0 spiro atoms. The molecule has 6 rings (SSSR count). The first kappa shape index (κ1) is 29.3. The zero-order valence-electron chi connectivity index (χ0n) is 24.1. The van der Waals surface area contributed by atoms with E-state index in [1.54, 1.807) is 10.7 Å². The van der Waals surface area contributed by atoms with Crippen LogP contribution in [-0.4, -0.2) is 86.6 Å². The maximum Gasteiger partial charge on any atom is 0.389 e. The maximum atomic E-state index is 13.1. The van der Waals surface area contributed by atoms with E-state index in [4.69, 9.17) is 4.98 Å². The van der Waals surface area contributed by atoms with E-state index in [1.165, 1.54) is 4.90 Å². The molecule has 4 aromatic rings. The summed E-state index contributed by atoms with van der Waals surface area (Å²) in [7, 11) is 0. The molecule has 0 saturated carbocycles. The largest absolute Gasteiger partial charge is 0.389 e. The number of anilines is 1. The van der Waals surface area contributed by atoms with Crippen molar-refractivity contribution in [1.29, 1.82) is 0 Å². The number of hydrogen-bond acceptors (Lipinski definition) is 6. The standard InChI is InChI=1S/C32H32F3N7O2/c33-32(34,35)13-10-29(43)40-16-11-24(12-17-40)26-4-3-15-42-30(26)37-27(38-42)22-23-6-8-25(9-7-23)31(44)41-20-18-39(19-21-41)28-5-1-2-14-36-28/h1-9,11,14-15H,10,12-13,16-22H2. The summed E-state index contributed by atoms with van der Waals surface area (Å²) in [6.45, 7) is 3.35. The summed E-state index contributed by atoms with van der Waals surface area (Å²) in [6.07, 6.45) is 0.501. The zero-order valence-corrected chi connectivity index (χ0v) is 24.1. The highest BCUT2D eigenvalue weighted by Gasteiger charge is 2.30. The van der Waals surface area contributed by atoms with E-state index in [9.17, 15) is 22.8 Å². The number of nitrogens with zero attached hydrogens (tertiary/aromatic N) is 7. The Kier molecular flexibility index (Phi) is 8.32. The lowest BCUT2D eigenvalue weighted by molar-refractivity contribution is -0.148. The Morgan fingerprint density at radius 1 is 0.886 bits per heavy atom. The topological polar surface area (TPSA) is 86.9 Å². The molecule has 0 aliphatic carbocycles. The van der Waals surface area contributed by atoms with Gasteiger partial charge in [-0.05, 0) is 54.0 Å². The lowest BCUT2D eigenvalue weighted by atomic mass is 10.00. The van der Waals surface area contributed by atoms with Crippen molar-refractivity contribution in [2.45, 2.75) is 31.9 Å². The van der Waals surface area contributed by atoms with Gasteiger partial charge in [0, 0.05) is 75.6 Å². The highest BCUT2D eigenvalue weighted by molar-refractivity contribution is 5.94. The van der Waals surface area contributed by atoms with Crippen LogP contribution in [0.15, 0.2) is 73.1 Å². The van der Waals surface area contributed by atoms with Gasteiger partial charge in [0.25, 0.3) is 5.91 Å². The molecule has 2 aliphatic heterocycles. The van der Waals surface area contributed by atoms with E-state index in [0.29, 0.717) is 49.5 Å². The number of piperazine rings is 1. The van der Waals surface area contributed by atoms with Crippen molar-refractivity contribution in [1.82, 2.24) is 29.4 Å². The molecule has 2 amide bonds. The molecule has 5 heterocycles. The Balaban J connectivity index is 1.07. The lowest BCUT2D eigenvalue weighted by Crippen LogP contribution is -2.49. The van der Waals surface area contributed by atoms with E-state index in [1.807, 2.05) is 71.8 Å². The van der Waals surface area contributed by atoms with Gasteiger partial charge in [0.2, 0.25) is 5.91 Å². The molecule has 9 nitrogen and oxygen atoms in total. The van der Waals surface area contributed by atoms with E-state index >= 15 is 0 Å². The van der Waals surface area contributed by atoms with Gasteiger partial charge in [0.15, 0.2) is 11.5 Å². The van der Waals surface area contributed by atoms with Crippen LogP contribution in [-0.2, 0) is 11.2 Å².